The van der Waals surface area contributed by atoms with Gasteiger partial charge in [0, 0.05) is 12.6 Å². The van der Waals surface area contributed by atoms with Crippen molar-refractivity contribution in [1.29, 1.82) is 0 Å². The van der Waals surface area contributed by atoms with E-state index >= 15 is 0 Å². The summed E-state index contributed by atoms with van der Waals surface area (Å²) < 4.78 is 0. The van der Waals surface area contributed by atoms with Gasteiger partial charge in [-0.05, 0) is 57.0 Å². The van der Waals surface area contributed by atoms with Crippen LogP contribution in [0.15, 0.2) is 0 Å². The van der Waals surface area contributed by atoms with Gasteiger partial charge in [0.2, 0.25) is 0 Å². The van der Waals surface area contributed by atoms with Crippen LogP contribution >= 0.6 is 0 Å². The van der Waals surface area contributed by atoms with Crippen LogP contribution in [0.2, 0.25) is 0 Å². The maximum Gasteiger partial charge on any atom is 0.00798 e. The Hall–Kier alpha value is -0.0800. The molecule has 1 saturated carbocycles. The van der Waals surface area contributed by atoms with Gasteiger partial charge in [0.15, 0.2) is 0 Å². The molecule has 0 aromatic rings. The van der Waals surface area contributed by atoms with Crippen LogP contribution in [0.3, 0.4) is 0 Å². The fourth-order valence-electron chi connectivity index (χ4n) is 2.92. The first-order valence-electron chi connectivity index (χ1n) is 6.79. The largest absolute Gasteiger partial charge is 0.317 e. The molecule has 0 aromatic heterocycles. The van der Waals surface area contributed by atoms with Gasteiger partial charge in [-0.15, -0.1) is 0 Å². The molecule has 2 aliphatic rings. The maximum atomic E-state index is 3.82. The van der Waals surface area contributed by atoms with Gasteiger partial charge in [0.1, 0.15) is 0 Å². The van der Waals surface area contributed by atoms with Crippen LogP contribution in [0.25, 0.3) is 0 Å². The molecule has 0 spiro atoms. The number of hydrogen-bond donors (Lipinski definition) is 2. The van der Waals surface area contributed by atoms with Crippen molar-refractivity contribution >= 4 is 0 Å². The summed E-state index contributed by atoms with van der Waals surface area (Å²) in [6.45, 7) is 6.05. The summed E-state index contributed by atoms with van der Waals surface area (Å²) in [6.07, 6.45) is 9.78. The van der Waals surface area contributed by atoms with E-state index in [2.05, 4.69) is 17.6 Å². The summed E-state index contributed by atoms with van der Waals surface area (Å²) in [5.41, 5.74) is 0.680. The van der Waals surface area contributed by atoms with Crippen LogP contribution < -0.4 is 10.6 Å². The summed E-state index contributed by atoms with van der Waals surface area (Å²) in [5.74, 6) is 0. The zero-order valence-electron chi connectivity index (χ0n) is 10.1. The van der Waals surface area contributed by atoms with Gasteiger partial charge in [-0.1, -0.05) is 13.3 Å². The van der Waals surface area contributed by atoms with E-state index in [1.807, 2.05) is 0 Å². The second kappa shape index (κ2) is 5.31. The SMILES string of the molecule is CCC1(CNC2CCCNCC2)CCC1. The summed E-state index contributed by atoms with van der Waals surface area (Å²) in [5, 5.41) is 7.29. The molecule has 2 fully saturated rings. The van der Waals surface area contributed by atoms with Gasteiger partial charge in [-0.25, -0.2) is 0 Å². The van der Waals surface area contributed by atoms with Gasteiger partial charge < -0.3 is 10.6 Å². The van der Waals surface area contributed by atoms with E-state index in [1.54, 1.807) is 0 Å². The van der Waals surface area contributed by atoms with Crippen LogP contribution in [0.5, 0.6) is 0 Å². The number of nitrogens with one attached hydrogen (secondary N) is 2. The van der Waals surface area contributed by atoms with Crippen LogP contribution in [0, 0.1) is 5.41 Å². The molecule has 2 heteroatoms. The standard InChI is InChI=1S/C13H26N2/c1-2-13(7-4-8-13)11-15-12-5-3-9-14-10-6-12/h12,14-15H,2-11H2,1H3. The third-order valence-electron chi connectivity index (χ3n) is 4.51. The van der Waals surface area contributed by atoms with Gasteiger partial charge >= 0.3 is 0 Å². The first-order valence-corrected chi connectivity index (χ1v) is 6.79. The molecule has 0 radical (unpaired) electrons. The van der Waals surface area contributed by atoms with Crippen molar-refractivity contribution in [1.82, 2.24) is 10.6 Å². The second-order valence-corrected chi connectivity index (χ2v) is 5.47. The molecule has 1 unspecified atom stereocenters. The zero-order valence-corrected chi connectivity index (χ0v) is 10.1. The van der Waals surface area contributed by atoms with Gasteiger partial charge in [-0.2, -0.15) is 0 Å². The minimum Gasteiger partial charge on any atom is -0.317 e. The van der Waals surface area contributed by atoms with E-state index in [0.717, 1.165) is 6.04 Å². The van der Waals surface area contributed by atoms with Crippen molar-refractivity contribution in [3.05, 3.63) is 0 Å². The minimum atomic E-state index is 0.680. The van der Waals surface area contributed by atoms with Crippen molar-refractivity contribution in [3.8, 4) is 0 Å². The Morgan fingerprint density at radius 3 is 2.73 bits per heavy atom. The average molecular weight is 210 g/mol. The Morgan fingerprint density at radius 1 is 1.20 bits per heavy atom. The lowest BCUT2D eigenvalue weighted by atomic mass is 9.67. The molecule has 1 saturated heterocycles. The Labute approximate surface area is 94.2 Å². The highest BCUT2D eigenvalue weighted by Crippen LogP contribution is 2.43. The smallest absolute Gasteiger partial charge is 0.00798 e. The molecule has 1 aliphatic heterocycles. The molecule has 2 rings (SSSR count). The first-order chi connectivity index (χ1) is 7.35. The normalized spacial score (nSPS) is 30.6. The molecule has 1 aliphatic carbocycles. The predicted octanol–water partition coefficient (Wildman–Crippen LogP) is 2.30. The topological polar surface area (TPSA) is 24.1 Å². The molecule has 15 heavy (non-hydrogen) atoms. The fraction of sp³-hybridized carbons (Fsp3) is 1.00. The lowest BCUT2D eigenvalue weighted by molar-refractivity contribution is 0.118. The molecule has 1 heterocycles. The van der Waals surface area contributed by atoms with E-state index in [-0.39, 0.29) is 0 Å². The Balaban J connectivity index is 1.71. The summed E-state index contributed by atoms with van der Waals surface area (Å²) >= 11 is 0. The average Bonchev–Trinajstić information content (AvgIpc) is 2.45. The van der Waals surface area contributed by atoms with E-state index in [0.29, 0.717) is 5.41 Å². The van der Waals surface area contributed by atoms with E-state index in [1.165, 1.54) is 64.6 Å². The Bertz CT molecular complexity index is 173. The highest BCUT2D eigenvalue weighted by Gasteiger charge is 2.35. The molecular weight excluding hydrogens is 184 g/mol. The third kappa shape index (κ3) is 2.94. The highest BCUT2D eigenvalue weighted by molar-refractivity contribution is 4.89. The predicted molar refractivity (Wildman–Crippen MR) is 65.1 cm³/mol. The van der Waals surface area contributed by atoms with Gasteiger partial charge in [0.05, 0.1) is 0 Å². The molecule has 2 nitrogen and oxygen atoms in total. The fourth-order valence-corrected chi connectivity index (χ4v) is 2.92. The Morgan fingerprint density at radius 2 is 2.07 bits per heavy atom. The van der Waals surface area contributed by atoms with E-state index in [4.69, 9.17) is 0 Å². The third-order valence-corrected chi connectivity index (χ3v) is 4.51. The van der Waals surface area contributed by atoms with Crippen LogP contribution in [-0.4, -0.2) is 25.7 Å². The minimum absolute atomic E-state index is 0.680. The molecule has 0 amide bonds. The van der Waals surface area contributed by atoms with Gasteiger partial charge in [-0.3, -0.25) is 0 Å². The molecule has 0 aromatic carbocycles. The lowest BCUT2D eigenvalue weighted by Crippen LogP contribution is -2.43. The molecule has 88 valence electrons. The second-order valence-electron chi connectivity index (χ2n) is 5.47. The van der Waals surface area contributed by atoms with Gasteiger partial charge in [0.25, 0.3) is 0 Å². The number of rotatable bonds is 4. The Kier molecular flexibility index (Phi) is 4.04. The summed E-state index contributed by atoms with van der Waals surface area (Å²) in [7, 11) is 0. The summed E-state index contributed by atoms with van der Waals surface area (Å²) in [4.78, 5) is 0. The van der Waals surface area contributed by atoms with Crippen molar-refractivity contribution in [2.75, 3.05) is 19.6 Å². The van der Waals surface area contributed by atoms with Crippen LogP contribution in [0.1, 0.15) is 51.9 Å². The maximum absolute atomic E-state index is 3.82. The molecule has 1 atom stereocenters. The molecule has 0 bridgehead atoms. The summed E-state index contributed by atoms with van der Waals surface area (Å²) in [6, 6.07) is 0.782. The quantitative estimate of drug-likeness (QED) is 0.744. The van der Waals surface area contributed by atoms with E-state index in [9.17, 15) is 0 Å². The highest BCUT2D eigenvalue weighted by atomic mass is 15.0. The van der Waals surface area contributed by atoms with Crippen molar-refractivity contribution < 1.29 is 0 Å². The van der Waals surface area contributed by atoms with Crippen LogP contribution in [0.4, 0.5) is 0 Å². The lowest BCUT2D eigenvalue weighted by Gasteiger charge is -2.42. The van der Waals surface area contributed by atoms with Crippen molar-refractivity contribution in [3.63, 3.8) is 0 Å². The van der Waals surface area contributed by atoms with E-state index < -0.39 is 0 Å². The van der Waals surface area contributed by atoms with Crippen molar-refractivity contribution in [2.24, 2.45) is 5.41 Å². The monoisotopic (exact) mass is 210 g/mol. The molecule has 2 N–H and O–H groups in total. The number of hydrogen-bond acceptors (Lipinski definition) is 2. The molecular formula is C13H26N2. The first kappa shape index (κ1) is 11.4. The zero-order chi connectivity index (χ0) is 10.6. The van der Waals surface area contributed by atoms with Crippen molar-refractivity contribution in [2.45, 2.75) is 57.9 Å². The van der Waals surface area contributed by atoms with Crippen LogP contribution in [-0.2, 0) is 0 Å².